The van der Waals surface area contributed by atoms with Gasteiger partial charge in [0.1, 0.15) is 0 Å². The van der Waals surface area contributed by atoms with Crippen LogP contribution in [-0.2, 0) is 11.3 Å². The minimum absolute atomic E-state index is 0.104. The van der Waals surface area contributed by atoms with E-state index in [9.17, 15) is 4.79 Å². The number of benzene rings is 1. The highest BCUT2D eigenvalue weighted by Crippen LogP contribution is 2.18. The Hall–Kier alpha value is -1.55. The van der Waals surface area contributed by atoms with Gasteiger partial charge < -0.3 is 15.5 Å². The summed E-state index contributed by atoms with van der Waals surface area (Å²) in [4.78, 5) is 13.8. The fourth-order valence-corrected chi connectivity index (χ4v) is 2.24. The van der Waals surface area contributed by atoms with E-state index >= 15 is 0 Å². The summed E-state index contributed by atoms with van der Waals surface area (Å²) in [6, 6.07) is 8.99. The number of nitrogens with zero attached hydrogens (tertiary/aromatic N) is 1. The zero-order valence-electron chi connectivity index (χ0n) is 12.5. The molecule has 110 valence electrons. The van der Waals surface area contributed by atoms with Crippen LogP contribution in [0.3, 0.4) is 0 Å². The Balaban J connectivity index is 1.74. The number of anilines is 1. The summed E-state index contributed by atoms with van der Waals surface area (Å²) >= 11 is 0. The molecule has 0 aromatic heterocycles. The van der Waals surface area contributed by atoms with Crippen LogP contribution in [0, 0.1) is 0 Å². The summed E-state index contributed by atoms with van der Waals surface area (Å²) < 4.78 is 0. The van der Waals surface area contributed by atoms with Gasteiger partial charge in [0.25, 0.3) is 0 Å². The Morgan fingerprint density at radius 3 is 2.40 bits per heavy atom. The molecule has 0 radical (unpaired) electrons. The van der Waals surface area contributed by atoms with Crippen molar-refractivity contribution in [2.24, 2.45) is 0 Å². The lowest BCUT2D eigenvalue weighted by Gasteiger charge is -2.21. The van der Waals surface area contributed by atoms with Gasteiger partial charge in [-0.05, 0) is 44.4 Å². The molecule has 0 spiro atoms. The van der Waals surface area contributed by atoms with Crippen LogP contribution in [-0.4, -0.2) is 31.6 Å². The van der Waals surface area contributed by atoms with Crippen LogP contribution >= 0.6 is 0 Å². The van der Waals surface area contributed by atoms with Crippen molar-refractivity contribution in [3.63, 3.8) is 0 Å². The van der Waals surface area contributed by atoms with Gasteiger partial charge in [-0.2, -0.15) is 0 Å². The molecule has 0 atom stereocenters. The fourth-order valence-electron chi connectivity index (χ4n) is 2.24. The summed E-state index contributed by atoms with van der Waals surface area (Å²) in [5, 5.41) is 6.16. The van der Waals surface area contributed by atoms with Crippen molar-refractivity contribution in [3.8, 4) is 0 Å². The molecule has 1 aliphatic rings. The number of carbonyl (C=O) groups excluding carboxylic acids is 1. The molecule has 1 aromatic rings. The standard InChI is InChI=1S/C16H25N3O/c1-3-19(4-2)15-9-5-13(6-10-15)11-17-12-16(20)18-14-7-8-14/h5-6,9-10,14,17H,3-4,7-8,11-12H2,1-2H3,(H,18,20). The zero-order valence-corrected chi connectivity index (χ0v) is 12.5. The van der Waals surface area contributed by atoms with E-state index in [0.717, 1.165) is 32.5 Å². The third-order valence-corrected chi connectivity index (χ3v) is 3.62. The molecule has 4 nitrogen and oxygen atoms in total. The topological polar surface area (TPSA) is 44.4 Å². The summed E-state index contributed by atoms with van der Waals surface area (Å²) in [7, 11) is 0. The average molecular weight is 275 g/mol. The van der Waals surface area contributed by atoms with Crippen LogP contribution in [0.1, 0.15) is 32.3 Å². The first-order valence-corrected chi connectivity index (χ1v) is 7.57. The van der Waals surface area contributed by atoms with E-state index in [1.54, 1.807) is 0 Å². The largest absolute Gasteiger partial charge is 0.372 e. The van der Waals surface area contributed by atoms with Crippen LogP contribution < -0.4 is 15.5 Å². The molecule has 0 unspecified atom stereocenters. The van der Waals surface area contributed by atoms with Gasteiger partial charge in [0, 0.05) is 31.4 Å². The molecular weight excluding hydrogens is 250 g/mol. The maximum Gasteiger partial charge on any atom is 0.234 e. The van der Waals surface area contributed by atoms with Crippen molar-refractivity contribution in [1.82, 2.24) is 10.6 Å². The van der Waals surface area contributed by atoms with Gasteiger partial charge >= 0.3 is 0 Å². The predicted octanol–water partition coefficient (Wildman–Crippen LogP) is 1.90. The average Bonchev–Trinajstić information content (AvgIpc) is 3.26. The van der Waals surface area contributed by atoms with Gasteiger partial charge in [-0.3, -0.25) is 4.79 Å². The minimum atomic E-state index is 0.104. The first-order valence-electron chi connectivity index (χ1n) is 7.57. The van der Waals surface area contributed by atoms with E-state index in [1.807, 2.05) is 0 Å². The summed E-state index contributed by atoms with van der Waals surface area (Å²) in [5.41, 5.74) is 2.46. The number of carbonyl (C=O) groups is 1. The van der Waals surface area contributed by atoms with Crippen molar-refractivity contribution >= 4 is 11.6 Å². The van der Waals surface area contributed by atoms with E-state index in [0.29, 0.717) is 12.6 Å². The second-order valence-electron chi connectivity index (χ2n) is 5.28. The second-order valence-corrected chi connectivity index (χ2v) is 5.28. The molecule has 0 heterocycles. The van der Waals surface area contributed by atoms with Gasteiger partial charge in [-0.15, -0.1) is 0 Å². The minimum Gasteiger partial charge on any atom is -0.372 e. The second kappa shape index (κ2) is 7.29. The third kappa shape index (κ3) is 4.53. The number of hydrogen-bond donors (Lipinski definition) is 2. The molecule has 2 rings (SSSR count). The smallest absolute Gasteiger partial charge is 0.234 e. The van der Waals surface area contributed by atoms with Gasteiger partial charge in [0.05, 0.1) is 6.54 Å². The summed E-state index contributed by atoms with van der Waals surface area (Å²) in [6.45, 7) is 7.50. The Morgan fingerprint density at radius 2 is 1.85 bits per heavy atom. The number of rotatable bonds is 8. The molecule has 1 aromatic carbocycles. The van der Waals surface area contributed by atoms with E-state index in [1.165, 1.54) is 11.3 Å². The maximum absolute atomic E-state index is 11.5. The van der Waals surface area contributed by atoms with Crippen LogP contribution in [0.15, 0.2) is 24.3 Å². The molecular formula is C16H25N3O. The van der Waals surface area contributed by atoms with Crippen LogP contribution in [0.4, 0.5) is 5.69 Å². The molecule has 20 heavy (non-hydrogen) atoms. The molecule has 1 saturated carbocycles. The molecule has 0 bridgehead atoms. The predicted molar refractivity (Wildman–Crippen MR) is 82.9 cm³/mol. The molecule has 0 saturated heterocycles. The van der Waals surface area contributed by atoms with Crippen molar-refractivity contribution in [2.45, 2.75) is 39.3 Å². The highest BCUT2D eigenvalue weighted by molar-refractivity contribution is 5.78. The van der Waals surface area contributed by atoms with Gasteiger partial charge in [-0.25, -0.2) is 0 Å². The SMILES string of the molecule is CCN(CC)c1ccc(CNCC(=O)NC2CC2)cc1. The number of hydrogen-bond acceptors (Lipinski definition) is 3. The lowest BCUT2D eigenvalue weighted by atomic mass is 10.2. The Kier molecular flexibility index (Phi) is 5.41. The Morgan fingerprint density at radius 1 is 1.20 bits per heavy atom. The van der Waals surface area contributed by atoms with Crippen LogP contribution in [0.25, 0.3) is 0 Å². The monoisotopic (exact) mass is 275 g/mol. The van der Waals surface area contributed by atoms with Crippen molar-refractivity contribution in [2.75, 3.05) is 24.5 Å². The summed E-state index contributed by atoms with van der Waals surface area (Å²) in [6.07, 6.45) is 2.27. The molecule has 0 aliphatic heterocycles. The van der Waals surface area contributed by atoms with E-state index in [-0.39, 0.29) is 5.91 Å². The molecule has 1 aliphatic carbocycles. The van der Waals surface area contributed by atoms with Crippen molar-refractivity contribution in [1.29, 1.82) is 0 Å². The first kappa shape index (κ1) is 14.9. The van der Waals surface area contributed by atoms with Crippen molar-refractivity contribution in [3.05, 3.63) is 29.8 Å². The highest BCUT2D eigenvalue weighted by Gasteiger charge is 2.22. The number of nitrogens with one attached hydrogen (secondary N) is 2. The lowest BCUT2D eigenvalue weighted by molar-refractivity contribution is -0.120. The normalized spacial score (nSPS) is 14.1. The molecule has 1 fully saturated rings. The van der Waals surface area contributed by atoms with Crippen LogP contribution in [0.5, 0.6) is 0 Å². The summed E-state index contributed by atoms with van der Waals surface area (Å²) in [5.74, 6) is 0.104. The van der Waals surface area contributed by atoms with Crippen LogP contribution in [0.2, 0.25) is 0 Å². The van der Waals surface area contributed by atoms with Crippen molar-refractivity contribution < 1.29 is 4.79 Å². The maximum atomic E-state index is 11.5. The van der Waals surface area contributed by atoms with Gasteiger partial charge in [-0.1, -0.05) is 12.1 Å². The molecule has 1 amide bonds. The lowest BCUT2D eigenvalue weighted by Crippen LogP contribution is -2.34. The highest BCUT2D eigenvalue weighted by atomic mass is 16.2. The van der Waals surface area contributed by atoms with E-state index in [2.05, 4.69) is 53.6 Å². The Labute approximate surface area is 121 Å². The van der Waals surface area contributed by atoms with E-state index < -0.39 is 0 Å². The third-order valence-electron chi connectivity index (χ3n) is 3.62. The number of amides is 1. The quantitative estimate of drug-likeness (QED) is 0.761. The van der Waals surface area contributed by atoms with E-state index in [4.69, 9.17) is 0 Å². The molecule has 2 N–H and O–H groups in total. The first-order chi connectivity index (χ1) is 9.72. The zero-order chi connectivity index (χ0) is 14.4. The fraction of sp³-hybridized carbons (Fsp3) is 0.562. The van der Waals surface area contributed by atoms with Gasteiger partial charge in [0.2, 0.25) is 5.91 Å². The van der Waals surface area contributed by atoms with Gasteiger partial charge in [0.15, 0.2) is 0 Å². The molecule has 4 heteroatoms. The Bertz CT molecular complexity index is 422.